The van der Waals surface area contributed by atoms with Crippen LogP contribution < -0.4 is 4.72 Å². The van der Waals surface area contributed by atoms with Gasteiger partial charge in [-0.3, -0.25) is 9.52 Å². The van der Waals surface area contributed by atoms with Gasteiger partial charge in [0.2, 0.25) is 0 Å². The lowest BCUT2D eigenvalue weighted by atomic mass is 10.1. The number of nitrogens with zero attached hydrogens (tertiary/aromatic N) is 1. The van der Waals surface area contributed by atoms with Crippen molar-refractivity contribution in [1.29, 1.82) is 0 Å². The highest BCUT2D eigenvalue weighted by Gasteiger charge is 2.15. The van der Waals surface area contributed by atoms with Gasteiger partial charge in [0.1, 0.15) is 11.5 Å². The molecule has 0 fully saturated rings. The van der Waals surface area contributed by atoms with E-state index in [0.29, 0.717) is 22.9 Å². The monoisotopic (exact) mass is 370 g/mol. The summed E-state index contributed by atoms with van der Waals surface area (Å²) in [5, 5.41) is 0. The molecule has 0 radical (unpaired) electrons. The Morgan fingerprint density at radius 3 is 2.12 bits per heavy atom. The van der Waals surface area contributed by atoms with Crippen LogP contribution in [0.5, 0.6) is 0 Å². The highest BCUT2D eigenvalue weighted by atomic mass is 32.2. The molecule has 26 heavy (non-hydrogen) atoms. The van der Waals surface area contributed by atoms with Crippen molar-refractivity contribution >= 4 is 21.5 Å². The number of sulfonamides is 1. The average Bonchev–Trinajstić information content (AvgIpc) is 2.93. The van der Waals surface area contributed by atoms with E-state index in [9.17, 15) is 13.2 Å². The quantitative estimate of drug-likeness (QED) is 0.687. The molecule has 0 unspecified atom stereocenters. The number of aryl methyl sites for hydroxylation is 2. The molecule has 0 aliphatic rings. The Bertz CT molecular complexity index is 1050. The lowest BCUT2D eigenvalue weighted by Crippen LogP contribution is -2.13. The zero-order chi connectivity index (χ0) is 18.9. The first-order valence-corrected chi connectivity index (χ1v) is 9.43. The molecule has 0 aliphatic heterocycles. The van der Waals surface area contributed by atoms with Crippen LogP contribution in [0.15, 0.2) is 57.8 Å². The minimum absolute atomic E-state index is 0.0922. The summed E-state index contributed by atoms with van der Waals surface area (Å²) in [4.78, 5) is 15.7. The third-order valence-electron chi connectivity index (χ3n) is 3.89. The van der Waals surface area contributed by atoms with Crippen LogP contribution in [0.4, 0.5) is 5.69 Å². The van der Waals surface area contributed by atoms with Gasteiger partial charge >= 0.3 is 0 Å². The normalized spacial score (nSPS) is 11.3. The second-order valence-corrected chi connectivity index (χ2v) is 7.58. The maximum atomic E-state index is 12.5. The molecule has 3 aromatic rings. The van der Waals surface area contributed by atoms with E-state index in [4.69, 9.17) is 4.42 Å². The fourth-order valence-electron chi connectivity index (χ4n) is 2.58. The van der Waals surface area contributed by atoms with E-state index < -0.39 is 10.0 Å². The maximum Gasteiger partial charge on any atom is 0.261 e. The van der Waals surface area contributed by atoms with Gasteiger partial charge in [0.15, 0.2) is 11.7 Å². The summed E-state index contributed by atoms with van der Waals surface area (Å²) < 4.78 is 32.9. The summed E-state index contributed by atoms with van der Waals surface area (Å²) >= 11 is 0. The number of nitrogens with one attached hydrogen (secondary N) is 1. The van der Waals surface area contributed by atoms with Crippen molar-refractivity contribution in [2.24, 2.45) is 0 Å². The first kappa shape index (κ1) is 17.9. The lowest BCUT2D eigenvalue weighted by molar-refractivity contribution is 0.101. The highest BCUT2D eigenvalue weighted by molar-refractivity contribution is 7.92. The molecule has 1 aromatic heterocycles. The van der Waals surface area contributed by atoms with Crippen molar-refractivity contribution in [1.82, 2.24) is 4.98 Å². The zero-order valence-corrected chi connectivity index (χ0v) is 15.4. The molecule has 0 bridgehead atoms. The average molecular weight is 370 g/mol. The van der Waals surface area contributed by atoms with Crippen LogP contribution >= 0.6 is 0 Å². The number of rotatable bonds is 5. The molecule has 6 nitrogen and oxygen atoms in total. The number of Topliss-reactive ketones (excluding diaryl/α,β-unsaturated/α-hetero) is 1. The molecular formula is C19H18N2O4S. The molecular weight excluding hydrogens is 352 g/mol. The summed E-state index contributed by atoms with van der Waals surface area (Å²) in [6.07, 6.45) is 0. The van der Waals surface area contributed by atoms with Crippen molar-refractivity contribution in [2.45, 2.75) is 25.7 Å². The Morgan fingerprint density at radius 2 is 1.62 bits per heavy atom. The van der Waals surface area contributed by atoms with Gasteiger partial charge in [0.05, 0.1) is 4.90 Å². The third-order valence-corrected chi connectivity index (χ3v) is 5.28. The third kappa shape index (κ3) is 3.67. The molecule has 134 valence electrons. The fraction of sp³-hybridized carbons (Fsp3) is 0.158. The van der Waals surface area contributed by atoms with E-state index in [1.54, 1.807) is 31.2 Å². The molecule has 2 aromatic carbocycles. The second kappa shape index (κ2) is 6.76. The van der Waals surface area contributed by atoms with Crippen molar-refractivity contribution < 1.29 is 17.6 Å². The first-order chi connectivity index (χ1) is 12.3. The summed E-state index contributed by atoms with van der Waals surface area (Å²) in [5.41, 5.74) is 2.47. The Balaban J connectivity index is 1.81. The van der Waals surface area contributed by atoms with Crippen molar-refractivity contribution in [2.75, 3.05) is 4.72 Å². The molecule has 1 heterocycles. The molecule has 7 heteroatoms. The minimum atomic E-state index is -3.73. The molecule has 0 saturated carbocycles. The summed E-state index contributed by atoms with van der Waals surface area (Å²) in [7, 11) is -3.73. The lowest BCUT2D eigenvalue weighted by Gasteiger charge is -2.09. The minimum Gasteiger partial charge on any atom is -0.446 e. The largest absolute Gasteiger partial charge is 0.446 e. The van der Waals surface area contributed by atoms with Crippen LogP contribution in [0, 0.1) is 13.8 Å². The van der Waals surface area contributed by atoms with Crippen LogP contribution in [-0.2, 0) is 10.0 Å². The Labute approximate surface area is 151 Å². The Hall–Kier alpha value is -2.93. The highest BCUT2D eigenvalue weighted by Crippen LogP contribution is 2.25. The van der Waals surface area contributed by atoms with E-state index in [2.05, 4.69) is 9.71 Å². The second-order valence-electron chi connectivity index (χ2n) is 5.90. The van der Waals surface area contributed by atoms with E-state index in [0.717, 1.165) is 11.3 Å². The molecule has 0 amide bonds. The van der Waals surface area contributed by atoms with Gasteiger partial charge in [-0.2, -0.15) is 0 Å². The molecule has 0 aliphatic carbocycles. The number of carbonyl (C=O) groups excluding carboxylic acids is 1. The first-order valence-electron chi connectivity index (χ1n) is 7.94. The predicted molar refractivity (Wildman–Crippen MR) is 98.7 cm³/mol. The van der Waals surface area contributed by atoms with E-state index in [1.165, 1.54) is 31.2 Å². The standard InChI is InChI=1S/C19H18N2O4S/c1-12(22)15-6-10-18(11-7-15)26(23,24)21-17-8-4-16(5-9-17)19-13(2)25-14(3)20-19/h4-11,21H,1-3H3. The van der Waals surface area contributed by atoms with Crippen LogP contribution in [0.2, 0.25) is 0 Å². The van der Waals surface area contributed by atoms with Gasteiger partial charge in [-0.15, -0.1) is 0 Å². The number of benzene rings is 2. The van der Waals surface area contributed by atoms with Gasteiger partial charge in [0.25, 0.3) is 10.0 Å². The van der Waals surface area contributed by atoms with Crippen molar-refractivity contribution in [3.8, 4) is 11.3 Å². The molecule has 3 rings (SSSR count). The number of carbonyl (C=O) groups is 1. The van der Waals surface area contributed by atoms with Gasteiger partial charge in [-0.1, -0.05) is 24.3 Å². The van der Waals surface area contributed by atoms with Crippen molar-refractivity contribution in [3.05, 3.63) is 65.7 Å². The summed E-state index contributed by atoms with van der Waals surface area (Å²) in [6, 6.07) is 12.7. The summed E-state index contributed by atoms with van der Waals surface area (Å²) in [6.45, 7) is 5.04. The Morgan fingerprint density at radius 1 is 1.00 bits per heavy atom. The molecule has 0 saturated heterocycles. The molecule has 0 spiro atoms. The van der Waals surface area contributed by atoms with Crippen molar-refractivity contribution in [3.63, 3.8) is 0 Å². The van der Waals surface area contributed by atoms with Crippen LogP contribution in [0.1, 0.15) is 28.9 Å². The van der Waals surface area contributed by atoms with E-state index in [-0.39, 0.29) is 10.7 Å². The smallest absolute Gasteiger partial charge is 0.261 e. The van der Waals surface area contributed by atoms with E-state index >= 15 is 0 Å². The number of hydrogen-bond donors (Lipinski definition) is 1. The predicted octanol–water partition coefficient (Wildman–Crippen LogP) is 3.96. The topological polar surface area (TPSA) is 89.3 Å². The van der Waals surface area contributed by atoms with Gasteiger partial charge in [-0.05, 0) is 38.1 Å². The fourth-order valence-corrected chi connectivity index (χ4v) is 3.63. The molecule has 0 atom stereocenters. The van der Waals surface area contributed by atoms with Crippen LogP contribution in [-0.4, -0.2) is 19.2 Å². The number of ketones is 1. The number of anilines is 1. The van der Waals surface area contributed by atoms with Crippen LogP contribution in [0.3, 0.4) is 0 Å². The maximum absolute atomic E-state index is 12.5. The summed E-state index contributed by atoms with van der Waals surface area (Å²) in [5.74, 6) is 1.17. The zero-order valence-electron chi connectivity index (χ0n) is 14.6. The molecule has 1 N–H and O–H groups in total. The Kier molecular flexibility index (Phi) is 4.65. The number of oxazole rings is 1. The number of aromatic nitrogens is 1. The van der Waals surface area contributed by atoms with Crippen LogP contribution in [0.25, 0.3) is 11.3 Å². The SMILES string of the molecule is CC(=O)c1ccc(S(=O)(=O)Nc2ccc(-c3nc(C)oc3C)cc2)cc1. The van der Waals surface area contributed by atoms with E-state index in [1.807, 2.05) is 6.92 Å². The van der Waals surface area contributed by atoms with Gasteiger partial charge in [0, 0.05) is 23.7 Å². The number of hydrogen-bond acceptors (Lipinski definition) is 5. The van der Waals surface area contributed by atoms with Gasteiger partial charge < -0.3 is 4.42 Å². The van der Waals surface area contributed by atoms with Gasteiger partial charge in [-0.25, -0.2) is 13.4 Å².